The van der Waals surface area contributed by atoms with E-state index in [1.807, 2.05) is 24.0 Å². The first-order valence-electron chi connectivity index (χ1n) is 8.76. The van der Waals surface area contributed by atoms with Gasteiger partial charge in [-0.25, -0.2) is 8.42 Å². The number of nitrogens with zero attached hydrogens (tertiary/aromatic N) is 2. The van der Waals surface area contributed by atoms with Crippen LogP contribution in [-0.2, 0) is 14.8 Å². The maximum Gasteiger partial charge on any atom is 0.252 e. The molecule has 0 bridgehead atoms. The molecule has 1 atom stereocenters. The standard InChI is InChI=1S/C18H22ClN3O4S2/c1-13(18(23)20-14-5-3-4-6-15(14)26-2)21-9-11-22(12-10-21)28(24,25)17-8-7-16(19)27-17/h3-8,13H,9-12H2,1-2H3,(H,20,23). The van der Waals surface area contributed by atoms with Gasteiger partial charge in [-0.1, -0.05) is 23.7 Å². The summed E-state index contributed by atoms with van der Waals surface area (Å²) in [4.78, 5) is 14.6. The number of carbonyl (C=O) groups is 1. The SMILES string of the molecule is COc1ccccc1NC(=O)C(C)N1CCN(S(=O)(=O)c2ccc(Cl)s2)CC1. The molecule has 1 aliphatic heterocycles. The zero-order valence-corrected chi connectivity index (χ0v) is 18.0. The summed E-state index contributed by atoms with van der Waals surface area (Å²) in [5.74, 6) is 0.430. The van der Waals surface area contributed by atoms with Gasteiger partial charge >= 0.3 is 0 Å². The van der Waals surface area contributed by atoms with E-state index in [0.29, 0.717) is 42.0 Å². The molecule has 28 heavy (non-hydrogen) atoms. The van der Waals surface area contributed by atoms with Crippen molar-refractivity contribution < 1.29 is 17.9 Å². The molecule has 0 aliphatic carbocycles. The largest absolute Gasteiger partial charge is 0.495 e. The second kappa shape index (κ2) is 8.79. The van der Waals surface area contributed by atoms with E-state index in [0.717, 1.165) is 11.3 Å². The number of nitrogens with one attached hydrogen (secondary N) is 1. The van der Waals surface area contributed by atoms with E-state index in [2.05, 4.69) is 5.32 Å². The second-order valence-electron chi connectivity index (χ2n) is 6.36. The molecule has 7 nitrogen and oxygen atoms in total. The number of methoxy groups -OCH3 is 1. The van der Waals surface area contributed by atoms with Crippen LogP contribution in [0.2, 0.25) is 4.34 Å². The van der Waals surface area contributed by atoms with Crippen LogP contribution in [0, 0.1) is 0 Å². The molecule has 1 unspecified atom stereocenters. The van der Waals surface area contributed by atoms with Crippen LogP contribution in [-0.4, -0.2) is 62.9 Å². The van der Waals surface area contributed by atoms with Gasteiger partial charge in [-0.3, -0.25) is 9.69 Å². The zero-order chi connectivity index (χ0) is 20.3. The molecule has 2 aromatic rings. The van der Waals surface area contributed by atoms with Gasteiger partial charge in [-0.15, -0.1) is 11.3 Å². The van der Waals surface area contributed by atoms with E-state index in [9.17, 15) is 13.2 Å². The molecule has 1 aromatic carbocycles. The summed E-state index contributed by atoms with van der Waals surface area (Å²) in [6.45, 7) is 3.40. The Morgan fingerprint density at radius 2 is 1.86 bits per heavy atom. The van der Waals surface area contributed by atoms with Gasteiger partial charge in [0.2, 0.25) is 5.91 Å². The number of anilines is 1. The maximum atomic E-state index is 12.7. The molecule has 152 valence electrons. The van der Waals surface area contributed by atoms with Gasteiger partial charge in [0.15, 0.2) is 0 Å². The highest BCUT2D eigenvalue weighted by Gasteiger charge is 2.32. The molecule has 1 fully saturated rings. The van der Waals surface area contributed by atoms with Crippen LogP contribution < -0.4 is 10.1 Å². The third-order valence-corrected chi connectivity index (χ3v) is 8.31. The van der Waals surface area contributed by atoms with Crippen LogP contribution in [0.3, 0.4) is 0 Å². The minimum absolute atomic E-state index is 0.161. The monoisotopic (exact) mass is 443 g/mol. The number of hydrogen-bond donors (Lipinski definition) is 1. The fourth-order valence-electron chi connectivity index (χ4n) is 3.05. The molecular formula is C18H22ClN3O4S2. The van der Waals surface area contributed by atoms with Crippen molar-refractivity contribution >= 4 is 44.6 Å². The lowest BCUT2D eigenvalue weighted by Gasteiger charge is -2.36. The normalized spacial score (nSPS) is 17.2. The molecule has 1 amide bonds. The minimum atomic E-state index is -3.54. The third-order valence-electron chi connectivity index (χ3n) is 4.71. The van der Waals surface area contributed by atoms with Crippen LogP contribution >= 0.6 is 22.9 Å². The highest BCUT2D eigenvalue weighted by Crippen LogP contribution is 2.29. The van der Waals surface area contributed by atoms with Crippen molar-refractivity contribution in [3.8, 4) is 5.75 Å². The van der Waals surface area contributed by atoms with Crippen molar-refractivity contribution in [1.82, 2.24) is 9.21 Å². The number of para-hydroxylation sites is 2. The molecule has 0 saturated carbocycles. The smallest absolute Gasteiger partial charge is 0.252 e. The fraction of sp³-hybridized carbons (Fsp3) is 0.389. The summed E-state index contributed by atoms with van der Waals surface area (Å²) >= 11 is 6.92. The van der Waals surface area contributed by atoms with Gasteiger partial charge in [0.25, 0.3) is 10.0 Å². The van der Waals surface area contributed by atoms with E-state index in [-0.39, 0.29) is 10.1 Å². The van der Waals surface area contributed by atoms with Crippen molar-refractivity contribution in [2.45, 2.75) is 17.2 Å². The Morgan fingerprint density at radius 3 is 2.46 bits per heavy atom. The number of ether oxygens (including phenoxy) is 1. The second-order valence-corrected chi connectivity index (χ2v) is 10.2. The molecule has 0 radical (unpaired) electrons. The third kappa shape index (κ3) is 4.49. The van der Waals surface area contributed by atoms with E-state index in [4.69, 9.17) is 16.3 Å². The van der Waals surface area contributed by atoms with Crippen LogP contribution in [0.4, 0.5) is 5.69 Å². The number of benzene rings is 1. The van der Waals surface area contributed by atoms with Gasteiger partial charge in [0.05, 0.1) is 23.2 Å². The van der Waals surface area contributed by atoms with Crippen molar-refractivity contribution in [2.75, 3.05) is 38.6 Å². The highest BCUT2D eigenvalue weighted by atomic mass is 35.5. The molecule has 3 rings (SSSR count). The van der Waals surface area contributed by atoms with E-state index < -0.39 is 16.1 Å². The highest BCUT2D eigenvalue weighted by molar-refractivity contribution is 7.91. The number of piperazine rings is 1. The first kappa shape index (κ1) is 21.1. The molecule has 1 aromatic heterocycles. The first-order valence-corrected chi connectivity index (χ1v) is 11.4. The number of amides is 1. The van der Waals surface area contributed by atoms with Crippen LogP contribution in [0.15, 0.2) is 40.6 Å². The van der Waals surface area contributed by atoms with Crippen molar-refractivity contribution in [3.05, 3.63) is 40.7 Å². The molecule has 10 heteroatoms. The Kier molecular flexibility index (Phi) is 6.61. The summed E-state index contributed by atoms with van der Waals surface area (Å²) in [7, 11) is -1.99. The predicted molar refractivity (Wildman–Crippen MR) is 111 cm³/mol. The molecule has 1 aliphatic rings. The van der Waals surface area contributed by atoms with Gasteiger partial charge < -0.3 is 10.1 Å². The Balaban J connectivity index is 1.60. The summed E-state index contributed by atoms with van der Waals surface area (Å²) < 4.78 is 32.8. The van der Waals surface area contributed by atoms with Gasteiger partial charge in [-0.05, 0) is 31.2 Å². The minimum Gasteiger partial charge on any atom is -0.495 e. The summed E-state index contributed by atoms with van der Waals surface area (Å²) in [5, 5.41) is 2.88. The Morgan fingerprint density at radius 1 is 1.18 bits per heavy atom. The average Bonchev–Trinajstić information content (AvgIpc) is 3.15. The van der Waals surface area contributed by atoms with Gasteiger partial charge in [0, 0.05) is 26.2 Å². The summed E-state index contributed by atoms with van der Waals surface area (Å²) in [6.07, 6.45) is 0. The predicted octanol–water partition coefficient (Wildman–Crippen LogP) is 2.74. The lowest BCUT2D eigenvalue weighted by Crippen LogP contribution is -2.53. The van der Waals surface area contributed by atoms with Gasteiger partial charge in [-0.2, -0.15) is 4.31 Å². The van der Waals surface area contributed by atoms with Crippen molar-refractivity contribution in [1.29, 1.82) is 0 Å². The lowest BCUT2D eigenvalue weighted by molar-refractivity contribution is -0.121. The van der Waals surface area contributed by atoms with Crippen molar-refractivity contribution in [2.24, 2.45) is 0 Å². The number of carbonyl (C=O) groups excluding carboxylic acids is 1. The zero-order valence-electron chi connectivity index (χ0n) is 15.6. The number of sulfonamides is 1. The van der Waals surface area contributed by atoms with Crippen LogP contribution in [0.5, 0.6) is 5.75 Å². The van der Waals surface area contributed by atoms with Crippen LogP contribution in [0.25, 0.3) is 0 Å². The number of rotatable bonds is 6. The lowest BCUT2D eigenvalue weighted by atomic mass is 10.2. The first-order chi connectivity index (χ1) is 13.3. The summed E-state index contributed by atoms with van der Waals surface area (Å²) in [5.41, 5.74) is 0.609. The topological polar surface area (TPSA) is 79.0 Å². The summed E-state index contributed by atoms with van der Waals surface area (Å²) in [6, 6.07) is 9.92. The van der Waals surface area contributed by atoms with E-state index in [1.165, 1.54) is 10.4 Å². The Hall–Kier alpha value is -1.65. The van der Waals surface area contributed by atoms with Crippen LogP contribution in [0.1, 0.15) is 6.92 Å². The van der Waals surface area contributed by atoms with Crippen molar-refractivity contribution in [3.63, 3.8) is 0 Å². The van der Waals surface area contributed by atoms with E-state index in [1.54, 1.807) is 25.3 Å². The molecule has 1 saturated heterocycles. The Labute approximate surface area is 173 Å². The van der Waals surface area contributed by atoms with E-state index >= 15 is 0 Å². The maximum absolute atomic E-state index is 12.7. The fourth-order valence-corrected chi connectivity index (χ4v) is 6.10. The number of halogens is 1. The molecule has 2 heterocycles. The van der Waals surface area contributed by atoms with Gasteiger partial charge in [0.1, 0.15) is 9.96 Å². The Bertz CT molecular complexity index is 940. The molecule has 1 N–H and O–H groups in total. The quantitative estimate of drug-likeness (QED) is 0.742. The number of thiophene rings is 1. The molecular weight excluding hydrogens is 422 g/mol. The molecule has 0 spiro atoms. The number of hydrogen-bond acceptors (Lipinski definition) is 6. The average molecular weight is 444 g/mol.